The van der Waals surface area contributed by atoms with Crippen LogP contribution in [0.2, 0.25) is 5.02 Å². The molecule has 0 bridgehead atoms. The van der Waals surface area contributed by atoms with Crippen LogP contribution in [0.5, 0.6) is 0 Å². The van der Waals surface area contributed by atoms with Crippen LogP contribution in [0, 0.1) is 5.92 Å². The highest BCUT2D eigenvalue weighted by Gasteiger charge is 2.23. The van der Waals surface area contributed by atoms with Gasteiger partial charge >= 0.3 is 0 Å². The molecule has 0 spiro atoms. The monoisotopic (exact) mass is 280 g/mol. The molecule has 1 aromatic rings. The van der Waals surface area contributed by atoms with E-state index in [2.05, 4.69) is 30.9 Å². The third kappa shape index (κ3) is 3.64. The fourth-order valence-electron chi connectivity index (χ4n) is 2.84. The summed E-state index contributed by atoms with van der Waals surface area (Å²) in [4.78, 5) is 2.50. The van der Waals surface area contributed by atoms with Crippen molar-refractivity contribution in [3.8, 4) is 0 Å². The van der Waals surface area contributed by atoms with Crippen molar-refractivity contribution in [1.29, 1.82) is 0 Å². The van der Waals surface area contributed by atoms with Crippen LogP contribution in [0.25, 0.3) is 0 Å². The van der Waals surface area contributed by atoms with Crippen LogP contribution in [-0.2, 0) is 6.42 Å². The van der Waals surface area contributed by atoms with Crippen molar-refractivity contribution in [2.45, 2.75) is 45.6 Å². The average Bonchev–Trinajstić information content (AvgIpc) is 2.87. The molecule has 19 heavy (non-hydrogen) atoms. The van der Waals surface area contributed by atoms with E-state index < -0.39 is 0 Å². The van der Waals surface area contributed by atoms with Crippen LogP contribution in [0.3, 0.4) is 0 Å². The van der Waals surface area contributed by atoms with E-state index in [9.17, 15) is 0 Å². The number of hydrogen-bond donors (Lipinski definition) is 1. The number of rotatable bonds is 5. The summed E-state index contributed by atoms with van der Waals surface area (Å²) in [6.07, 6.45) is 4.50. The molecule has 2 rings (SSSR count). The second-order valence-electron chi connectivity index (χ2n) is 5.65. The largest absolute Gasteiger partial charge is 0.371 e. The molecule has 1 fully saturated rings. The maximum Gasteiger partial charge on any atom is 0.0410 e. The zero-order valence-electron chi connectivity index (χ0n) is 12.0. The van der Waals surface area contributed by atoms with Crippen LogP contribution < -0.4 is 10.6 Å². The molecule has 2 unspecified atom stereocenters. The average molecular weight is 281 g/mol. The molecule has 2 atom stereocenters. The number of benzene rings is 1. The molecule has 2 N–H and O–H groups in total. The molecule has 106 valence electrons. The van der Waals surface area contributed by atoms with Crippen molar-refractivity contribution in [3.05, 3.63) is 28.8 Å². The fourth-order valence-corrected chi connectivity index (χ4v) is 3.03. The Hall–Kier alpha value is -0.730. The van der Waals surface area contributed by atoms with Crippen LogP contribution in [-0.4, -0.2) is 19.1 Å². The summed E-state index contributed by atoms with van der Waals surface area (Å²) in [7, 11) is 0. The first kappa shape index (κ1) is 14.7. The minimum atomic E-state index is 0.224. The van der Waals surface area contributed by atoms with E-state index in [1.54, 1.807) is 0 Å². The quantitative estimate of drug-likeness (QED) is 0.887. The SMILES string of the molecule is CCC(N)Cc1cc(Cl)ccc1N1CCC(CC)C1. The molecule has 1 aliphatic rings. The van der Waals surface area contributed by atoms with E-state index in [-0.39, 0.29) is 6.04 Å². The zero-order chi connectivity index (χ0) is 13.8. The maximum absolute atomic E-state index is 6.15. The summed E-state index contributed by atoms with van der Waals surface area (Å²) in [5, 5.41) is 0.813. The van der Waals surface area contributed by atoms with Crippen molar-refractivity contribution in [3.63, 3.8) is 0 Å². The van der Waals surface area contributed by atoms with E-state index in [1.165, 1.54) is 30.6 Å². The Morgan fingerprint density at radius 2 is 2.21 bits per heavy atom. The van der Waals surface area contributed by atoms with Crippen molar-refractivity contribution < 1.29 is 0 Å². The van der Waals surface area contributed by atoms with E-state index >= 15 is 0 Å². The van der Waals surface area contributed by atoms with Gasteiger partial charge in [-0.05, 0) is 48.9 Å². The molecule has 3 heteroatoms. The Morgan fingerprint density at radius 1 is 1.42 bits per heavy atom. The summed E-state index contributed by atoms with van der Waals surface area (Å²) in [5.74, 6) is 0.836. The summed E-state index contributed by atoms with van der Waals surface area (Å²) in [5.41, 5.74) is 8.76. The predicted molar refractivity (Wildman–Crippen MR) is 84.0 cm³/mol. The van der Waals surface area contributed by atoms with E-state index in [0.29, 0.717) is 0 Å². The molecule has 2 nitrogen and oxygen atoms in total. The highest BCUT2D eigenvalue weighted by molar-refractivity contribution is 6.30. The van der Waals surface area contributed by atoms with Crippen molar-refractivity contribution in [2.75, 3.05) is 18.0 Å². The van der Waals surface area contributed by atoms with Gasteiger partial charge in [0.1, 0.15) is 0 Å². The normalized spacial score (nSPS) is 20.8. The van der Waals surface area contributed by atoms with Gasteiger partial charge in [-0.3, -0.25) is 0 Å². The number of nitrogens with two attached hydrogens (primary N) is 1. The van der Waals surface area contributed by atoms with Gasteiger partial charge in [-0.15, -0.1) is 0 Å². The summed E-state index contributed by atoms with van der Waals surface area (Å²) in [6.45, 7) is 6.75. The van der Waals surface area contributed by atoms with Crippen LogP contribution in [0.15, 0.2) is 18.2 Å². The minimum Gasteiger partial charge on any atom is -0.371 e. The van der Waals surface area contributed by atoms with Crippen LogP contribution in [0.4, 0.5) is 5.69 Å². The highest BCUT2D eigenvalue weighted by Crippen LogP contribution is 2.31. The number of halogens is 1. The standard InChI is InChI=1S/C16H25ClN2/c1-3-12-7-8-19(11-12)16-6-5-14(17)9-13(16)10-15(18)4-2/h5-6,9,12,15H,3-4,7-8,10-11,18H2,1-2H3. The molecule has 0 aromatic heterocycles. The third-order valence-electron chi connectivity index (χ3n) is 4.25. The smallest absolute Gasteiger partial charge is 0.0410 e. The van der Waals surface area contributed by atoms with Gasteiger partial charge in [-0.25, -0.2) is 0 Å². The van der Waals surface area contributed by atoms with Gasteiger partial charge in [0, 0.05) is 29.8 Å². The topological polar surface area (TPSA) is 29.3 Å². The van der Waals surface area contributed by atoms with Crippen LogP contribution in [0.1, 0.15) is 38.7 Å². The molecular weight excluding hydrogens is 256 g/mol. The van der Waals surface area contributed by atoms with Crippen LogP contribution >= 0.6 is 11.6 Å². The molecular formula is C16H25ClN2. The zero-order valence-corrected chi connectivity index (χ0v) is 12.8. The minimum absolute atomic E-state index is 0.224. The molecule has 1 aliphatic heterocycles. The van der Waals surface area contributed by atoms with Gasteiger partial charge in [-0.1, -0.05) is 31.9 Å². The molecule has 0 aliphatic carbocycles. The first-order valence-corrected chi connectivity index (χ1v) is 7.80. The Labute approximate surface area is 121 Å². The number of anilines is 1. The summed E-state index contributed by atoms with van der Waals surface area (Å²) in [6, 6.07) is 6.47. The lowest BCUT2D eigenvalue weighted by Gasteiger charge is -2.23. The molecule has 0 saturated carbocycles. The van der Waals surface area contributed by atoms with Crippen molar-refractivity contribution in [1.82, 2.24) is 0 Å². The highest BCUT2D eigenvalue weighted by atomic mass is 35.5. The fraction of sp³-hybridized carbons (Fsp3) is 0.625. The predicted octanol–water partition coefficient (Wildman–Crippen LogP) is 3.86. The molecule has 1 heterocycles. The number of nitrogens with zero attached hydrogens (tertiary/aromatic N) is 1. The maximum atomic E-state index is 6.15. The first-order chi connectivity index (χ1) is 9.13. The van der Waals surface area contributed by atoms with Gasteiger partial charge in [0.2, 0.25) is 0 Å². The lowest BCUT2D eigenvalue weighted by molar-refractivity contribution is 0.569. The summed E-state index contributed by atoms with van der Waals surface area (Å²) >= 11 is 6.15. The lowest BCUT2D eigenvalue weighted by atomic mass is 10.0. The van der Waals surface area contributed by atoms with E-state index in [0.717, 1.165) is 30.3 Å². The van der Waals surface area contributed by atoms with Gasteiger partial charge in [0.05, 0.1) is 0 Å². The summed E-state index contributed by atoms with van der Waals surface area (Å²) < 4.78 is 0. The molecule has 0 radical (unpaired) electrons. The van der Waals surface area contributed by atoms with E-state index in [1.807, 2.05) is 6.07 Å². The Kier molecular flexibility index (Phi) is 5.12. The molecule has 1 saturated heterocycles. The van der Waals surface area contributed by atoms with Gasteiger partial charge < -0.3 is 10.6 Å². The molecule has 1 aromatic carbocycles. The molecule has 0 amide bonds. The first-order valence-electron chi connectivity index (χ1n) is 7.43. The van der Waals surface area contributed by atoms with Gasteiger partial charge in [-0.2, -0.15) is 0 Å². The van der Waals surface area contributed by atoms with Crippen molar-refractivity contribution >= 4 is 17.3 Å². The second-order valence-corrected chi connectivity index (χ2v) is 6.09. The van der Waals surface area contributed by atoms with Gasteiger partial charge in [0.25, 0.3) is 0 Å². The second kappa shape index (κ2) is 6.62. The Bertz CT molecular complexity index is 419. The number of hydrogen-bond acceptors (Lipinski definition) is 2. The van der Waals surface area contributed by atoms with Gasteiger partial charge in [0.15, 0.2) is 0 Å². The lowest BCUT2D eigenvalue weighted by Crippen LogP contribution is -2.25. The Morgan fingerprint density at radius 3 is 2.84 bits per heavy atom. The third-order valence-corrected chi connectivity index (χ3v) is 4.49. The van der Waals surface area contributed by atoms with Crippen molar-refractivity contribution in [2.24, 2.45) is 11.7 Å². The Balaban J connectivity index is 2.19. The van der Waals surface area contributed by atoms with E-state index in [4.69, 9.17) is 17.3 Å².